The molecule has 0 amide bonds. The van der Waals surface area contributed by atoms with Crippen LogP contribution >= 0.6 is 23.2 Å². The van der Waals surface area contributed by atoms with Crippen molar-refractivity contribution < 1.29 is 98.0 Å². The fourth-order valence-electron chi connectivity index (χ4n) is 3.62. The molecule has 2 aromatic heterocycles. The fraction of sp³-hybridized carbons (Fsp3) is 0.286. The third kappa shape index (κ3) is 12.7. The minimum atomic E-state index is -1.05. The van der Waals surface area contributed by atoms with E-state index in [1.807, 2.05) is 0 Å². The maximum absolute atomic E-state index is 10.3. The number of aromatic nitrogens is 2. The van der Waals surface area contributed by atoms with Crippen molar-refractivity contribution in [1.29, 1.82) is 0 Å². The van der Waals surface area contributed by atoms with E-state index in [1.165, 1.54) is 24.7 Å². The number of carboxylic acids is 2. The number of phenols is 2. The van der Waals surface area contributed by atoms with Crippen LogP contribution in [0, 0.1) is 0 Å². The molecule has 0 aliphatic carbocycles. The molecule has 14 heteroatoms. The molecule has 42 heavy (non-hydrogen) atoms. The van der Waals surface area contributed by atoms with Crippen LogP contribution in [0.5, 0.6) is 11.5 Å². The molecule has 4 rings (SSSR count). The Bertz CT molecular complexity index is 1340. The molecule has 0 aliphatic rings. The zero-order valence-electron chi connectivity index (χ0n) is 23.3. The summed E-state index contributed by atoms with van der Waals surface area (Å²) in [6.45, 7) is 0. The second-order valence-corrected chi connectivity index (χ2v) is 9.61. The SMILES string of the molecule is O=C([O-])CCCCc1nc(-c2cc(Cl)ccc2O)co1.O=C([O-])CCCCc1nc(-c2cc(Cl)ccc2O)co1.[Na+].[Na+]. The van der Waals surface area contributed by atoms with Crippen LogP contribution in [-0.2, 0) is 22.4 Å². The van der Waals surface area contributed by atoms with Crippen molar-refractivity contribution in [3.05, 3.63) is 70.8 Å². The number of phenolic OH excluding ortho intramolecular Hbond substituents is 2. The standard InChI is InChI=1S/2C14H14ClNO4.2Na/c2*15-9-5-6-12(17)10(7-9)11-8-20-13(16-11)3-1-2-4-14(18)19;;/h2*5-8,17H,1-4H2,(H,18,19);;/q;;2*+1/p-2. The number of aryl methyl sites for hydroxylation is 2. The number of hydrogen-bond donors (Lipinski definition) is 2. The third-order valence-electron chi connectivity index (χ3n) is 5.62. The van der Waals surface area contributed by atoms with Crippen molar-refractivity contribution in [2.75, 3.05) is 0 Å². The van der Waals surface area contributed by atoms with Crippen molar-refractivity contribution in [3.8, 4) is 34.0 Å². The molecule has 0 aliphatic heterocycles. The van der Waals surface area contributed by atoms with Gasteiger partial charge in [0.15, 0.2) is 11.8 Å². The number of oxazole rings is 2. The number of carbonyl (C=O) groups excluding carboxylic acids is 2. The molecule has 2 aromatic carbocycles. The molecular weight excluding hydrogens is 609 g/mol. The number of nitrogens with zero attached hydrogens (tertiary/aromatic N) is 2. The molecule has 2 heterocycles. The number of carbonyl (C=O) groups is 2. The van der Waals surface area contributed by atoms with Crippen LogP contribution in [0.3, 0.4) is 0 Å². The molecule has 10 nitrogen and oxygen atoms in total. The van der Waals surface area contributed by atoms with Gasteiger partial charge in [-0.1, -0.05) is 23.2 Å². The summed E-state index contributed by atoms with van der Waals surface area (Å²) in [5, 5.41) is 41.1. The Hall–Kier alpha value is -2.02. The Morgan fingerprint density at radius 2 is 1.07 bits per heavy atom. The van der Waals surface area contributed by atoms with Gasteiger partial charge in [0.25, 0.3) is 0 Å². The Morgan fingerprint density at radius 1 is 0.690 bits per heavy atom. The molecule has 0 radical (unpaired) electrons. The van der Waals surface area contributed by atoms with Crippen LogP contribution in [0.25, 0.3) is 22.5 Å². The molecule has 0 unspecified atom stereocenters. The summed E-state index contributed by atoms with van der Waals surface area (Å²) < 4.78 is 10.6. The van der Waals surface area contributed by atoms with E-state index in [0.717, 1.165) is 0 Å². The molecule has 212 valence electrons. The minimum absolute atomic E-state index is 0. The van der Waals surface area contributed by atoms with E-state index in [0.29, 0.717) is 82.9 Å². The first-order chi connectivity index (χ1) is 19.1. The largest absolute Gasteiger partial charge is 1.00 e. The number of unbranched alkanes of at least 4 members (excludes halogenated alkanes) is 2. The van der Waals surface area contributed by atoms with Gasteiger partial charge in [-0.2, -0.15) is 0 Å². The Kier molecular flexibility index (Phi) is 17.5. The Labute approximate surface area is 296 Å². The molecule has 0 bridgehead atoms. The number of aromatic hydroxyl groups is 2. The van der Waals surface area contributed by atoms with Crippen molar-refractivity contribution in [2.24, 2.45) is 0 Å². The predicted octanol–water partition coefficient (Wildman–Crippen LogP) is -1.67. The molecule has 2 N–H and O–H groups in total. The van der Waals surface area contributed by atoms with Gasteiger partial charge >= 0.3 is 59.1 Å². The van der Waals surface area contributed by atoms with Crippen LogP contribution in [-0.4, -0.2) is 32.1 Å². The molecule has 4 aromatic rings. The van der Waals surface area contributed by atoms with Crippen molar-refractivity contribution in [2.45, 2.75) is 51.4 Å². The number of rotatable bonds is 12. The van der Waals surface area contributed by atoms with Gasteiger partial charge in [0.05, 0.1) is 0 Å². The summed E-state index contributed by atoms with van der Waals surface area (Å²) in [6.07, 6.45) is 6.35. The number of aliphatic carboxylic acids is 2. The van der Waals surface area contributed by atoms with E-state index in [2.05, 4.69) is 9.97 Å². The van der Waals surface area contributed by atoms with Crippen LogP contribution in [0.4, 0.5) is 0 Å². The maximum atomic E-state index is 10.3. The quantitative estimate of drug-likeness (QED) is 0.136. The van der Waals surface area contributed by atoms with Gasteiger partial charge in [0.2, 0.25) is 0 Å². The van der Waals surface area contributed by atoms with Gasteiger partial charge in [0.1, 0.15) is 35.4 Å². The fourth-order valence-corrected chi connectivity index (χ4v) is 3.96. The monoisotopic (exact) mass is 634 g/mol. The summed E-state index contributed by atoms with van der Waals surface area (Å²) >= 11 is 11.7. The summed E-state index contributed by atoms with van der Waals surface area (Å²) in [5.74, 6) is -0.961. The van der Waals surface area contributed by atoms with E-state index in [9.17, 15) is 30.0 Å². The molecule has 0 spiro atoms. The normalized spacial score (nSPS) is 10.1. The molecule has 0 fully saturated rings. The van der Waals surface area contributed by atoms with Crippen molar-refractivity contribution in [1.82, 2.24) is 9.97 Å². The second kappa shape index (κ2) is 19.3. The first-order valence-electron chi connectivity index (χ1n) is 12.4. The van der Waals surface area contributed by atoms with Crippen LogP contribution in [0.15, 0.2) is 57.8 Å². The molecule has 0 atom stereocenters. The zero-order chi connectivity index (χ0) is 29.1. The summed E-state index contributed by atoms with van der Waals surface area (Å²) in [6, 6.07) is 9.36. The average Bonchev–Trinajstić information content (AvgIpc) is 3.58. The molecule has 0 saturated heterocycles. The number of halogens is 2. The van der Waals surface area contributed by atoms with Gasteiger partial charge < -0.3 is 38.8 Å². The van der Waals surface area contributed by atoms with Gasteiger partial charge in [0, 0.05) is 46.0 Å². The van der Waals surface area contributed by atoms with Crippen molar-refractivity contribution in [3.63, 3.8) is 0 Å². The summed E-state index contributed by atoms with van der Waals surface area (Å²) in [5.41, 5.74) is 2.00. The molecular formula is C28H26Cl2N2Na2O8. The summed E-state index contributed by atoms with van der Waals surface area (Å²) in [4.78, 5) is 29.1. The van der Waals surface area contributed by atoms with E-state index in [4.69, 9.17) is 32.0 Å². The van der Waals surface area contributed by atoms with E-state index < -0.39 is 11.9 Å². The Morgan fingerprint density at radius 3 is 1.43 bits per heavy atom. The smallest absolute Gasteiger partial charge is 0.550 e. The van der Waals surface area contributed by atoms with Crippen LogP contribution < -0.4 is 69.3 Å². The van der Waals surface area contributed by atoms with E-state index in [1.54, 1.807) is 24.3 Å². The molecule has 0 saturated carbocycles. The second-order valence-electron chi connectivity index (χ2n) is 8.73. The van der Waals surface area contributed by atoms with Gasteiger partial charge in [-0.05, 0) is 74.9 Å². The van der Waals surface area contributed by atoms with E-state index in [-0.39, 0.29) is 83.5 Å². The van der Waals surface area contributed by atoms with Crippen LogP contribution in [0.1, 0.15) is 50.3 Å². The maximum Gasteiger partial charge on any atom is 1.00 e. The average molecular weight is 635 g/mol. The number of hydrogen-bond acceptors (Lipinski definition) is 10. The van der Waals surface area contributed by atoms with E-state index >= 15 is 0 Å². The van der Waals surface area contributed by atoms with Crippen molar-refractivity contribution >= 4 is 35.1 Å². The van der Waals surface area contributed by atoms with Crippen LogP contribution in [0.2, 0.25) is 10.0 Å². The van der Waals surface area contributed by atoms with Gasteiger partial charge in [-0.3, -0.25) is 0 Å². The predicted molar refractivity (Wildman–Crippen MR) is 142 cm³/mol. The number of carboxylic acid groups (broad SMARTS) is 2. The van der Waals surface area contributed by atoms with Gasteiger partial charge in [-0.15, -0.1) is 0 Å². The minimum Gasteiger partial charge on any atom is -0.550 e. The van der Waals surface area contributed by atoms with Gasteiger partial charge in [-0.25, -0.2) is 9.97 Å². The zero-order valence-corrected chi connectivity index (χ0v) is 28.8. The summed E-state index contributed by atoms with van der Waals surface area (Å²) in [7, 11) is 0. The number of benzene rings is 2. The topological polar surface area (TPSA) is 173 Å². The first kappa shape index (κ1) is 38.0. The third-order valence-corrected chi connectivity index (χ3v) is 6.09. The first-order valence-corrected chi connectivity index (χ1v) is 13.1. The Balaban J connectivity index is 0.000000401.